The first-order valence-corrected chi connectivity index (χ1v) is 10.2. The molecular weight excluding hydrogens is 370 g/mol. The predicted octanol–water partition coefficient (Wildman–Crippen LogP) is 2.76. The first kappa shape index (κ1) is 17.3. The van der Waals surface area contributed by atoms with Gasteiger partial charge >= 0.3 is 0 Å². The van der Waals surface area contributed by atoms with Crippen molar-refractivity contribution in [3.63, 3.8) is 0 Å². The van der Waals surface area contributed by atoms with Crippen molar-refractivity contribution in [3.8, 4) is 0 Å². The van der Waals surface area contributed by atoms with Crippen molar-refractivity contribution in [1.82, 2.24) is 9.29 Å². The summed E-state index contributed by atoms with van der Waals surface area (Å²) in [5, 5.41) is 3.57. The van der Waals surface area contributed by atoms with Gasteiger partial charge in [-0.2, -0.15) is 4.31 Å². The standard InChI is InChI=1S/C15H16ClN3O3S2/c1-2-24(21,22)19-8-7-12-13(9-19)23-15(17-12)18-14(20)10-5-3-4-6-11(10)16/h3-6H,2,7-9H2,1H3,(H,17,18,20). The number of aromatic nitrogens is 1. The van der Waals surface area contributed by atoms with E-state index in [0.717, 1.165) is 10.6 Å². The molecule has 0 bridgehead atoms. The molecule has 0 radical (unpaired) electrons. The average Bonchev–Trinajstić information content (AvgIpc) is 2.96. The van der Waals surface area contributed by atoms with E-state index >= 15 is 0 Å². The molecular formula is C15H16ClN3O3S2. The molecule has 24 heavy (non-hydrogen) atoms. The highest BCUT2D eigenvalue weighted by Crippen LogP contribution is 2.30. The lowest BCUT2D eigenvalue weighted by Crippen LogP contribution is -2.36. The van der Waals surface area contributed by atoms with Gasteiger partial charge in [-0.15, -0.1) is 11.3 Å². The summed E-state index contributed by atoms with van der Waals surface area (Å²) in [5.41, 5.74) is 1.22. The van der Waals surface area contributed by atoms with Gasteiger partial charge in [0, 0.05) is 24.4 Å². The second-order valence-corrected chi connectivity index (χ2v) is 9.06. The molecule has 2 aromatic rings. The van der Waals surface area contributed by atoms with Crippen LogP contribution in [0.3, 0.4) is 0 Å². The molecule has 1 aliphatic heterocycles. The van der Waals surface area contributed by atoms with Gasteiger partial charge in [-0.1, -0.05) is 23.7 Å². The van der Waals surface area contributed by atoms with Crippen molar-refractivity contribution >= 4 is 44.0 Å². The van der Waals surface area contributed by atoms with Crippen LogP contribution in [-0.4, -0.2) is 35.9 Å². The van der Waals surface area contributed by atoms with Crippen molar-refractivity contribution in [2.24, 2.45) is 0 Å². The molecule has 0 spiro atoms. The molecule has 0 atom stereocenters. The van der Waals surface area contributed by atoms with Crippen molar-refractivity contribution in [2.75, 3.05) is 17.6 Å². The van der Waals surface area contributed by atoms with Gasteiger partial charge in [-0.3, -0.25) is 10.1 Å². The smallest absolute Gasteiger partial charge is 0.258 e. The van der Waals surface area contributed by atoms with Crippen LogP contribution >= 0.6 is 22.9 Å². The van der Waals surface area contributed by atoms with E-state index in [1.165, 1.54) is 15.6 Å². The number of anilines is 1. The van der Waals surface area contributed by atoms with E-state index in [9.17, 15) is 13.2 Å². The summed E-state index contributed by atoms with van der Waals surface area (Å²) < 4.78 is 25.5. The maximum Gasteiger partial charge on any atom is 0.258 e. The van der Waals surface area contributed by atoms with Crippen molar-refractivity contribution < 1.29 is 13.2 Å². The summed E-state index contributed by atoms with van der Waals surface area (Å²) in [7, 11) is -3.22. The van der Waals surface area contributed by atoms with E-state index in [1.807, 2.05) is 0 Å². The van der Waals surface area contributed by atoms with Crippen molar-refractivity contribution in [2.45, 2.75) is 19.9 Å². The summed E-state index contributed by atoms with van der Waals surface area (Å²) in [6.07, 6.45) is 0.549. The van der Waals surface area contributed by atoms with E-state index in [2.05, 4.69) is 10.3 Å². The summed E-state index contributed by atoms with van der Waals surface area (Å²) in [5.74, 6) is -0.248. The molecule has 1 N–H and O–H groups in total. The molecule has 3 rings (SSSR count). The van der Waals surface area contributed by atoms with Crippen LogP contribution in [0.5, 0.6) is 0 Å². The van der Waals surface area contributed by atoms with Gasteiger partial charge in [0.25, 0.3) is 5.91 Å². The van der Waals surface area contributed by atoms with Gasteiger partial charge in [0.1, 0.15) is 0 Å². The Hall–Kier alpha value is -1.48. The molecule has 6 nitrogen and oxygen atoms in total. The van der Waals surface area contributed by atoms with Gasteiger partial charge in [0.2, 0.25) is 10.0 Å². The van der Waals surface area contributed by atoms with Crippen LogP contribution in [0.25, 0.3) is 0 Å². The lowest BCUT2D eigenvalue weighted by molar-refractivity contribution is 0.102. The number of carbonyl (C=O) groups excluding carboxylic acids is 1. The Bertz CT molecular complexity index is 880. The Balaban J connectivity index is 1.77. The van der Waals surface area contributed by atoms with E-state index in [4.69, 9.17) is 11.6 Å². The summed E-state index contributed by atoms with van der Waals surface area (Å²) >= 11 is 7.32. The number of fused-ring (bicyclic) bond motifs is 1. The van der Waals surface area contributed by atoms with Gasteiger partial charge in [0.15, 0.2) is 5.13 Å². The zero-order chi connectivity index (χ0) is 17.3. The maximum absolute atomic E-state index is 12.3. The molecule has 1 amide bonds. The Labute approximate surface area is 149 Å². The van der Waals surface area contributed by atoms with Crippen LogP contribution in [-0.2, 0) is 23.0 Å². The number of carbonyl (C=O) groups is 1. The number of nitrogens with zero attached hydrogens (tertiary/aromatic N) is 2. The van der Waals surface area contributed by atoms with Crippen LogP contribution < -0.4 is 5.32 Å². The third-order valence-corrected chi connectivity index (χ3v) is 6.95. The number of sulfonamides is 1. The molecule has 0 fully saturated rings. The highest BCUT2D eigenvalue weighted by atomic mass is 35.5. The minimum atomic E-state index is -3.22. The fourth-order valence-corrected chi connectivity index (χ4v) is 4.84. The number of benzene rings is 1. The van der Waals surface area contributed by atoms with Crippen molar-refractivity contribution in [1.29, 1.82) is 0 Å². The quantitative estimate of drug-likeness (QED) is 0.877. The molecule has 0 saturated carbocycles. The summed E-state index contributed by atoms with van der Waals surface area (Å²) in [6, 6.07) is 6.78. The normalized spacial score (nSPS) is 15.1. The van der Waals surface area contributed by atoms with Crippen LogP contribution in [0.2, 0.25) is 5.02 Å². The number of thiazole rings is 1. The Morgan fingerprint density at radius 2 is 2.17 bits per heavy atom. The maximum atomic E-state index is 12.3. The fraction of sp³-hybridized carbons (Fsp3) is 0.333. The molecule has 2 heterocycles. The van der Waals surface area contributed by atoms with Gasteiger partial charge < -0.3 is 0 Å². The predicted molar refractivity (Wildman–Crippen MR) is 95.1 cm³/mol. The lowest BCUT2D eigenvalue weighted by Gasteiger charge is -2.24. The van der Waals surface area contributed by atoms with E-state index < -0.39 is 10.0 Å². The molecule has 9 heteroatoms. The third kappa shape index (κ3) is 3.46. The molecule has 0 saturated heterocycles. The van der Waals surface area contributed by atoms with Crippen LogP contribution in [0.4, 0.5) is 5.13 Å². The molecule has 0 unspecified atom stereocenters. The second-order valence-electron chi connectivity index (χ2n) is 5.31. The van der Waals surface area contributed by atoms with E-state index in [1.54, 1.807) is 31.2 Å². The molecule has 1 aromatic heterocycles. The molecule has 1 aliphatic rings. The Morgan fingerprint density at radius 3 is 2.88 bits per heavy atom. The number of hydrogen-bond acceptors (Lipinski definition) is 5. The largest absolute Gasteiger partial charge is 0.298 e. The van der Waals surface area contributed by atoms with Gasteiger partial charge in [-0.05, 0) is 19.1 Å². The summed E-state index contributed by atoms with van der Waals surface area (Å²) in [6.45, 7) is 2.36. The Morgan fingerprint density at radius 1 is 1.42 bits per heavy atom. The molecule has 1 aromatic carbocycles. The average molecular weight is 386 g/mol. The topological polar surface area (TPSA) is 79.4 Å². The van der Waals surface area contributed by atoms with Gasteiger partial charge in [-0.25, -0.2) is 13.4 Å². The number of hydrogen-bond donors (Lipinski definition) is 1. The zero-order valence-electron chi connectivity index (χ0n) is 13.0. The van der Waals surface area contributed by atoms with Crippen LogP contribution in [0.15, 0.2) is 24.3 Å². The first-order chi connectivity index (χ1) is 11.4. The minimum absolute atomic E-state index is 0.0806. The van der Waals surface area contributed by atoms with Crippen LogP contribution in [0.1, 0.15) is 27.9 Å². The summed E-state index contributed by atoms with van der Waals surface area (Å²) in [4.78, 5) is 17.6. The fourth-order valence-electron chi connectivity index (χ4n) is 2.46. The Kier molecular flexibility index (Phi) is 4.91. The zero-order valence-corrected chi connectivity index (χ0v) is 15.3. The van der Waals surface area contributed by atoms with Gasteiger partial charge in [0.05, 0.1) is 22.0 Å². The SMILES string of the molecule is CCS(=O)(=O)N1CCc2nc(NC(=O)c3ccccc3Cl)sc2C1. The second kappa shape index (κ2) is 6.79. The number of nitrogens with one attached hydrogen (secondary N) is 1. The van der Waals surface area contributed by atoms with E-state index in [-0.39, 0.29) is 11.7 Å². The third-order valence-electron chi connectivity index (χ3n) is 3.79. The van der Waals surface area contributed by atoms with Crippen LogP contribution in [0, 0.1) is 0 Å². The monoisotopic (exact) mass is 385 g/mol. The highest BCUT2D eigenvalue weighted by molar-refractivity contribution is 7.89. The number of amides is 1. The number of rotatable bonds is 4. The first-order valence-electron chi connectivity index (χ1n) is 7.43. The number of halogens is 1. The van der Waals surface area contributed by atoms with Crippen molar-refractivity contribution in [3.05, 3.63) is 45.4 Å². The highest BCUT2D eigenvalue weighted by Gasteiger charge is 2.28. The molecule has 128 valence electrons. The molecule has 0 aliphatic carbocycles. The van der Waals surface area contributed by atoms with E-state index in [0.29, 0.717) is 35.2 Å². The minimum Gasteiger partial charge on any atom is -0.298 e. The lowest BCUT2D eigenvalue weighted by atomic mass is 10.2.